The maximum absolute atomic E-state index is 12.2. The van der Waals surface area contributed by atoms with Crippen LogP contribution in [0.3, 0.4) is 0 Å². The summed E-state index contributed by atoms with van der Waals surface area (Å²) in [5, 5.41) is 6.70. The first-order chi connectivity index (χ1) is 12.1. The zero-order valence-corrected chi connectivity index (χ0v) is 14.5. The third-order valence-electron chi connectivity index (χ3n) is 3.71. The van der Waals surface area contributed by atoms with Crippen LogP contribution in [0, 0.1) is 6.92 Å². The van der Waals surface area contributed by atoms with Crippen molar-refractivity contribution in [2.24, 2.45) is 0 Å². The van der Waals surface area contributed by atoms with Crippen molar-refractivity contribution in [2.45, 2.75) is 13.5 Å². The van der Waals surface area contributed by atoms with E-state index in [4.69, 9.17) is 11.6 Å². The van der Waals surface area contributed by atoms with Crippen LogP contribution in [-0.2, 0) is 6.54 Å². The lowest BCUT2D eigenvalue weighted by Gasteiger charge is -2.09. The number of halogens is 1. The van der Waals surface area contributed by atoms with Crippen LogP contribution < -0.4 is 10.6 Å². The molecular formula is C20H18ClN3O. The van der Waals surface area contributed by atoms with Gasteiger partial charge in [-0.15, -0.1) is 0 Å². The molecular weight excluding hydrogens is 334 g/mol. The number of pyridine rings is 1. The molecule has 1 aromatic heterocycles. The first-order valence-corrected chi connectivity index (χ1v) is 8.31. The van der Waals surface area contributed by atoms with E-state index in [1.807, 2.05) is 49.4 Å². The number of rotatable bonds is 5. The van der Waals surface area contributed by atoms with E-state index in [0.29, 0.717) is 22.9 Å². The Morgan fingerprint density at radius 1 is 1.08 bits per heavy atom. The number of amides is 1. The Bertz CT molecular complexity index is 878. The Morgan fingerprint density at radius 3 is 2.64 bits per heavy atom. The van der Waals surface area contributed by atoms with Gasteiger partial charge in [-0.2, -0.15) is 0 Å². The van der Waals surface area contributed by atoms with Crippen LogP contribution in [0.15, 0.2) is 66.9 Å². The number of nitrogens with one attached hydrogen (secondary N) is 2. The van der Waals surface area contributed by atoms with Crippen LogP contribution in [-0.4, -0.2) is 10.9 Å². The highest BCUT2D eigenvalue weighted by atomic mass is 35.5. The summed E-state index contributed by atoms with van der Waals surface area (Å²) in [7, 11) is 0. The molecule has 1 amide bonds. The molecule has 0 atom stereocenters. The lowest BCUT2D eigenvalue weighted by molar-refractivity contribution is 0.0950. The number of aromatic nitrogens is 1. The quantitative estimate of drug-likeness (QED) is 0.699. The number of benzene rings is 2. The SMILES string of the molecule is Cc1cccc(Nc2ccc(C(=O)NCc3ccccc3Cl)cn2)c1. The van der Waals surface area contributed by atoms with Crippen molar-refractivity contribution in [1.82, 2.24) is 10.3 Å². The minimum absolute atomic E-state index is 0.186. The number of carbonyl (C=O) groups excluding carboxylic acids is 1. The fraction of sp³-hybridized carbons (Fsp3) is 0.100. The molecule has 126 valence electrons. The Morgan fingerprint density at radius 2 is 1.92 bits per heavy atom. The molecule has 0 saturated carbocycles. The minimum atomic E-state index is -0.186. The zero-order chi connectivity index (χ0) is 17.6. The molecule has 0 saturated heterocycles. The third kappa shape index (κ3) is 4.58. The number of hydrogen-bond donors (Lipinski definition) is 2. The number of nitrogens with zero attached hydrogens (tertiary/aromatic N) is 1. The van der Waals surface area contributed by atoms with Crippen molar-refractivity contribution in [1.29, 1.82) is 0 Å². The Labute approximate surface area is 151 Å². The molecule has 0 aliphatic carbocycles. The van der Waals surface area contributed by atoms with E-state index in [9.17, 15) is 4.79 Å². The molecule has 0 radical (unpaired) electrons. The minimum Gasteiger partial charge on any atom is -0.348 e. The summed E-state index contributed by atoms with van der Waals surface area (Å²) < 4.78 is 0. The van der Waals surface area contributed by atoms with Gasteiger partial charge in [0.1, 0.15) is 5.82 Å². The van der Waals surface area contributed by atoms with E-state index in [1.54, 1.807) is 24.4 Å². The Kier molecular flexibility index (Phi) is 5.31. The second-order valence-corrected chi connectivity index (χ2v) is 6.11. The van der Waals surface area contributed by atoms with Gasteiger partial charge in [-0.1, -0.05) is 41.9 Å². The van der Waals surface area contributed by atoms with Crippen molar-refractivity contribution in [3.63, 3.8) is 0 Å². The van der Waals surface area contributed by atoms with Gasteiger partial charge in [-0.25, -0.2) is 4.98 Å². The summed E-state index contributed by atoms with van der Waals surface area (Å²) in [5.74, 6) is 0.503. The van der Waals surface area contributed by atoms with Crippen LogP contribution in [0.4, 0.5) is 11.5 Å². The predicted octanol–water partition coefficient (Wildman–Crippen LogP) is 4.72. The van der Waals surface area contributed by atoms with Crippen molar-refractivity contribution in [3.8, 4) is 0 Å². The summed E-state index contributed by atoms with van der Waals surface area (Å²) >= 11 is 6.09. The van der Waals surface area contributed by atoms with Gasteiger partial charge in [0.25, 0.3) is 5.91 Å². The monoisotopic (exact) mass is 351 g/mol. The molecule has 2 aromatic carbocycles. The van der Waals surface area contributed by atoms with Crippen molar-refractivity contribution in [3.05, 3.63) is 88.6 Å². The maximum atomic E-state index is 12.2. The second kappa shape index (κ2) is 7.81. The van der Waals surface area contributed by atoms with Gasteiger partial charge in [-0.3, -0.25) is 4.79 Å². The lowest BCUT2D eigenvalue weighted by Crippen LogP contribution is -2.23. The van der Waals surface area contributed by atoms with Gasteiger partial charge in [0.05, 0.1) is 5.56 Å². The molecule has 0 unspecified atom stereocenters. The molecule has 3 rings (SSSR count). The van der Waals surface area contributed by atoms with E-state index in [2.05, 4.69) is 15.6 Å². The number of hydrogen-bond acceptors (Lipinski definition) is 3. The summed E-state index contributed by atoms with van der Waals surface area (Å²) in [6.45, 7) is 2.41. The summed E-state index contributed by atoms with van der Waals surface area (Å²) in [4.78, 5) is 16.5. The number of aryl methyl sites for hydroxylation is 1. The fourth-order valence-electron chi connectivity index (χ4n) is 2.39. The molecule has 25 heavy (non-hydrogen) atoms. The van der Waals surface area contributed by atoms with Crippen molar-refractivity contribution >= 4 is 29.0 Å². The highest BCUT2D eigenvalue weighted by molar-refractivity contribution is 6.31. The average Bonchev–Trinajstić information content (AvgIpc) is 2.61. The van der Waals surface area contributed by atoms with Crippen LogP contribution in [0.1, 0.15) is 21.5 Å². The maximum Gasteiger partial charge on any atom is 0.253 e. The fourth-order valence-corrected chi connectivity index (χ4v) is 2.59. The molecule has 0 aliphatic rings. The van der Waals surface area contributed by atoms with Gasteiger partial charge in [0, 0.05) is 23.5 Å². The van der Waals surface area contributed by atoms with E-state index >= 15 is 0 Å². The molecule has 1 heterocycles. The van der Waals surface area contributed by atoms with E-state index in [0.717, 1.165) is 11.3 Å². The third-order valence-corrected chi connectivity index (χ3v) is 4.08. The molecule has 2 N–H and O–H groups in total. The lowest BCUT2D eigenvalue weighted by atomic mass is 10.2. The standard InChI is InChI=1S/C20H18ClN3O/c1-14-5-4-7-17(11-14)24-19-10-9-16(13-22-19)20(25)23-12-15-6-2-3-8-18(15)21/h2-11,13H,12H2,1H3,(H,22,24)(H,23,25). The van der Waals surface area contributed by atoms with Gasteiger partial charge in [0.2, 0.25) is 0 Å². The molecule has 5 heteroatoms. The molecule has 0 fully saturated rings. The van der Waals surface area contributed by atoms with Gasteiger partial charge in [0.15, 0.2) is 0 Å². The predicted molar refractivity (Wildman–Crippen MR) is 101 cm³/mol. The highest BCUT2D eigenvalue weighted by Crippen LogP contribution is 2.17. The van der Waals surface area contributed by atoms with Crippen molar-refractivity contribution in [2.75, 3.05) is 5.32 Å². The van der Waals surface area contributed by atoms with Gasteiger partial charge >= 0.3 is 0 Å². The largest absolute Gasteiger partial charge is 0.348 e. The first kappa shape index (κ1) is 17.0. The van der Waals surface area contributed by atoms with Crippen LogP contribution >= 0.6 is 11.6 Å². The van der Waals surface area contributed by atoms with E-state index in [1.165, 1.54) is 5.56 Å². The Balaban J connectivity index is 1.61. The van der Waals surface area contributed by atoms with Crippen LogP contribution in [0.2, 0.25) is 5.02 Å². The normalized spacial score (nSPS) is 10.3. The van der Waals surface area contributed by atoms with E-state index < -0.39 is 0 Å². The van der Waals surface area contributed by atoms with Crippen LogP contribution in [0.5, 0.6) is 0 Å². The van der Waals surface area contributed by atoms with E-state index in [-0.39, 0.29) is 5.91 Å². The highest BCUT2D eigenvalue weighted by Gasteiger charge is 2.07. The second-order valence-electron chi connectivity index (χ2n) is 5.70. The van der Waals surface area contributed by atoms with Gasteiger partial charge in [-0.05, 0) is 48.4 Å². The number of anilines is 2. The molecule has 0 aliphatic heterocycles. The zero-order valence-electron chi connectivity index (χ0n) is 13.8. The smallest absolute Gasteiger partial charge is 0.253 e. The molecule has 3 aromatic rings. The summed E-state index contributed by atoms with van der Waals surface area (Å²) in [6, 6.07) is 19.0. The van der Waals surface area contributed by atoms with Gasteiger partial charge < -0.3 is 10.6 Å². The summed E-state index contributed by atoms with van der Waals surface area (Å²) in [5.41, 5.74) is 3.51. The Hall–Kier alpha value is -2.85. The molecule has 4 nitrogen and oxygen atoms in total. The molecule has 0 spiro atoms. The summed E-state index contributed by atoms with van der Waals surface area (Å²) in [6.07, 6.45) is 1.56. The first-order valence-electron chi connectivity index (χ1n) is 7.93. The average molecular weight is 352 g/mol. The molecule has 0 bridgehead atoms. The number of carbonyl (C=O) groups is 1. The topological polar surface area (TPSA) is 54.0 Å². The van der Waals surface area contributed by atoms with Crippen molar-refractivity contribution < 1.29 is 4.79 Å². The van der Waals surface area contributed by atoms with Crippen LogP contribution in [0.25, 0.3) is 0 Å².